The van der Waals surface area contributed by atoms with E-state index in [4.69, 9.17) is 19.4 Å². The van der Waals surface area contributed by atoms with Gasteiger partial charge in [-0.05, 0) is 209 Å². The molecule has 4 nitrogen and oxygen atoms in total. The molecule has 12 rings (SSSR count). The van der Waals surface area contributed by atoms with Gasteiger partial charge in [-0.3, -0.25) is 0 Å². The Morgan fingerprint density at radius 1 is 0.285 bits per heavy atom. The van der Waals surface area contributed by atoms with Crippen molar-refractivity contribution < 1.29 is 43.6 Å². The fourth-order valence-corrected chi connectivity index (χ4v) is 33.8. The molecule has 0 radical (unpaired) electrons. The first kappa shape index (κ1) is 111. The summed E-state index contributed by atoms with van der Waals surface area (Å²) in [7, 11) is 0.859. The second kappa shape index (κ2) is 42.3. The Bertz CT molecular complexity index is 5300. The maximum Gasteiger partial charge on any atom is 0.179 e. The summed E-state index contributed by atoms with van der Waals surface area (Å²) >= 11 is 0. The van der Waals surface area contributed by atoms with Gasteiger partial charge in [-0.15, -0.1) is 0 Å². The van der Waals surface area contributed by atoms with Crippen LogP contribution in [-0.4, -0.2) is 83.2 Å². The Labute approximate surface area is 817 Å². The number of ether oxygens (including phenoxy) is 2. The van der Waals surface area contributed by atoms with Gasteiger partial charge in [0.25, 0.3) is 0 Å². The molecule has 0 saturated carbocycles. The Hall–Kier alpha value is -6.04. The fourth-order valence-electron chi connectivity index (χ4n) is 18.9. The summed E-state index contributed by atoms with van der Waals surface area (Å²) in [5.41, 5.74) is 27.1. The van der Waals surface area contributed by atoms with Crippen LogP contribution in [0.3, 0.4) is 0 Å². The zero-order chi connectivity index (χ0) is 95.7. The van der Waals surface area contributed by atoms with Gasteiger partial charge in [0, 0.05) is 105 Å². The molecule has 2 unspecified atom stereocenters. The standard InChI is InChI=1S/2C56H73NP2.2C4H10O.2Fe/c2*1-51(2,3)39-32-41(53(7,8)9)48(42(33-39)54(10,11)12)58-47(37-26-21-19-22-27-37)45-30-25-31-46(57-45)49(38-28-23-20-24-29-38)59(18)36-56(16,17)44-35-40(52(4,5)6)34-43(50(44)59)55(13,14)15;2*1-3-5-4-2;;/h2*19-35H,36H2,1-18H3;2*3-4H2,1-2H3;;/p+2/t2*59-;;;;/m10..../s1. The van der Waals surface area contributed by atoms with Crippen LogP contribution < -0.4 is 21.2 Å². The molecule has 2 aromatic heterocycles. The third kappa shape index (κ3) is 26.0. The van der Waals surface area contributed by atoms with E-state index in [1.807, 2.05) is 27.7 Å². The van der Waals surface area contributed by atoms with Gasteiger partial charge < -0.3 is 9.47 Å². The molecule has 8 aromatic carbocycles. The minimum absolute atomic E-state index is 0. The molecule has 0 fully saturated rings. The van der Waals surface area contributed by atoms with E-state index in [-0.39, 0.29) is 99.1 Å². The summed E-state index contributed by atoms with van der Waals surface area (Å²) in [4.78, 5) is 11.8. The second-order valence-corrected chi connectivity index (χ2v) is 57.9. The van der Waals surface area contributed by atoms with Crippen LogP contribution in [0.25, 0.3) is 0 Å². The van der Waals surface area contributed by atoms with Crippen LogP contribution in [0.5, 0.6) is 0 Å². The van der Waals surface area contributed by atoms with E-state index in [0.717, 1.165) is 61.5 Å². The van der Waals surface area contributed by atoms with Gasteiger partial charge in [0.2, 0.25) is 0 Å². The number of hydrogen-bond acceptors (Lipinski definition) is 4. The van der Waals surface area contributed by atoms with Crippen molar-refractivity contribution in [3.63, 3.8) is 0 Å². The molecule has 0 saturated heterocycles. The van der Waals surface area contributed by atoms with E-state index in [0.29, 0.717) is 16.4 Å². The average molecular weight is 1910 g/mol. The number of benzene rings is 8. The SMILES string of the molecule is CC(C)(C)c1cc(C(C)(C)C)c(/[PH+]=C(\c2ccccc2)c2cccc(C(c3ccccc3)=[P@@]3(C)CC(C)(C)c4cc(C(C)(C)C)cc(C(C)(C)C)c43)n2)c(C(C)(C)C)c1.CC(C)(C)c1cc(C(C)(C)C)c(/[PH+]=C(\c2ccccc2)c2cccc(C(c3ccccc3)=[P@]3(C)CC(C)(C)c4cc(C(C)(C)C)cc(C(C)(C)C)c43)n2)c(C(C)(C)C)c1.CCOCC.CCOCC.[Fe].[Fe]. The van der Waals surface area contributed by atoms with Crippen molar-refractivity contribution in [2.75, 3.05) is 52.1 Å². The summed E-state index contributed by atoms with van der Waals surface area (Å²) < 4.78 is 9.67. The topological polar surface area (TPSA) is 44.2 Å². The van der Waals surface area contributed by atoms with Crippen LogP contribution in [0.15, 0.2) is 206 Å². The van der Waals surface area contributed by atoms with E-state index in [1.165, 1.54) is 121 Å². The zero-order valence-electron chi connectivity index (χ0n) is 88.2. The van der Waals surface area contributed by atoms with Crippen molar-refractivity contribution in [1.29, 1.82) is 0 Å². The Balaban J connectivity index is 0.000000317. The van der Waals surface area contributed by atoms with Crippen molar-refractivity contribution in [3.8, 4) is 0 Å². The summed E-state index contributed by atoms with van der Waals surface area (Å²) in [6, 6.07) is 78.9. The van der Waals surface area contributed by atoms with E-state index in [1.54, 1.807) is 10.6 Å². The van der Waals surface area contributed by atoms with Gasteiger partial charge in [-0.25, -0.2) is 9.97 Å². The van der Waals surface area contributed by atoms with Gasteiger partial charge in [-0.1, -0.05) is 431 Å². The third-order valence-electron chi connectivity index (χ3n) is 25.7. The van der Waals surface area contributed by atoms with Crippen molar-refractivity contribution >= 4 is 72.6 Å². The first-order valence-electron chi connectivity index (χ1n) is 47.8. The largest absolute Gasteiger partial charge is 0.382 e. The molecule has 0 spiro atoms. The summed E-state index contributed by atoms with van der Waals surface area (Å²) in [6.45, 7) is 94.0. The molecule has 0 N–H and O–H groups in total. The predicted molar refractivity (Wildman–Crippen MR) is 581 cm³/mol. The first-order valence-corrected chi connectivity index (χ1v) is 54.6. The van der Waals surface area contributed by atoms with Crippen molar-refractivity contribution in [3.05, 3.63) is 318 Å². The number of rotatable bonds is 14. The Morgan fingerprint density at radius 3 is 0.715 bits per heavy atom. The van der Waals surface area contributed by atoms with Gasteiger partial charge in [0.15, 0.2) is 21.2 Å². The van der Waals surface area contributed by atoms with E-state index in [9.17, 15) is 0 Å². The van der Waals surface area contributed by atoms with Gasteiger partial charge in [0.1, 0.15) is 27.8 Å². The number of nitrogens with zero attached hydrogens (tertiary/aromatic N) is 2. The molecule has 4 heterocycles. The minimum atomic E-state index is -2.01. The molecular formula is C120H168Fe2N2O2P4+2. The maximum atomic E-state index is 5.88. The molecule has 0 bridgehead atoms. The first-order chi connectivity index (χ1) is 58.9. The van der Waals surface area contributed by atoms with Crippen LogP contribution in [0.4, 0.5) is 0 Å². The average Bonchev–Trinajstić information content (AvgIpc) is 1.54. The molecule has 4 atom stereocenters. The molecule has 10 aromatic rings. The molecule has 2 aliphatic rings. The van der Waals surface area contributed by atoms with Crippen LogP contribution in [0.2, 0.25) is 0 Å². The van der Waals surface area contributed by atoms with E-state index < -0.39 is 13.8 Å². The summed E-state index contributed by atoms with van der Waals surface area (Å²) in [5, 5.41) is 11.6. The van der Waals surface area contributed by atoms with Crippen LogP contribution in [0, 0.1) is 0 Å². The van der Waals surface area contributed by atoms with Gasteiger partial charge in [-0.2, -0.15) is 0 Å². The van der Waals surface area contributed by atoms with Crippen molar-refractivity contribution in [2.24, 2.45) is 0 Å². The molecule has 130 heavy (non-hydrogen) atoms. The molecule has 0 amide bonds. The number of aromatic nitrogens is 2. The van der Waals surface area contributed by atoms with E-state index >= 15 is 0 Å². The summed E-state index contributed by atoms with van der Waals surface area (Å²) in [6.07, 6.45) is 2.23. The predicted octanol–water partition coefficient (Wildman–Crippen LogP) is 30.0. The number of hydrogen-bond donors (Lipinski definition) is 0. The fraction of sp³-hybridized carbons (Fsp3) is 0.483. The third-order valence-corrected chi connectivity index (χ3v) is 37.6. The number of pyridine rings is 2. The molecule has 2 aliphatic heterocycles. The monoisotopic (exact) mass is 1910 g/mol. The Morgan fingerprint density at radius 2 is 0.500 bits per heavy atom. The molecular weight excluding hydrogens is 1740 g/mol. The van der Waals surface area contributed by atoms with Gasteiger partial charge in [0.05, 0.1) is 11.4 Å². The normalized spacial score (nSPS) is 16.6. The zero-order valence-corrected chi connectivity index (χ0v) is 94.2. The molecule has 10 heteroatoms. The van der Waals surface area contributed by atoms with Gasteiger partial charge >= 0.3 is 0 Å². The van der Waals surface area contributed by atoms with Crippen LogP contribution in [-0.2, 0) is 109 Å². The smallest absolute Gasteiger partial charge is 0.179 e. The van der Waals surface area contributed by atoms with Crippen LogP contribution in [0.1, 0.15) is 375 Å². The minimum Gasteiger partial charge on any atom is -0.382 e. The summed E-state index contributed by atoms with van der Waals surface area (Å²) in [5.74, 6) is 0. The Kier molecular flexibility index (Phi) is 36.1. The molecule has 704 valence electrons. The van der Waals surface area contributed by atoms with Crippen molar-refractivity contribution in [2.45, 2.75) is 328 Å². The van der Waals surface area contributed by atoms with E-state index in [2.05, 4.69) is 455 Å². The maximum absolute atomic E-state index is 5.88. The quantitative estimate of drug-likeness (QED) is 0.0804. The van der Waals surface area contributed by atoms with Crippen molar-refractivity contribution in [1.82, 2.24) is 9.97 Å². The van der Waals surface area contributed by atoms with Crippen LogP contribution >= 0.6 is 30.2 Å². The number of fused-ring (bicyclic) bond motifs is 2. The second-order valence-electron chi connectivity index (χ2n) is 48.2. The molecule has 0 aliphatic carbocycles.